The second-order valence-electron chi connectivity index (χ2n) is 3.72. The highest BCUT2D eigenvalue weighted by molar-refractivity contribution is 7.88. The first-order chi connectivity index (χ1) is 7.43. The average molecular weight is 244 g/mol. The molecule has 0 atom stereocenters. The van der Waals surface area contributed by atoms with Crippen LogP contribution in [0.15, 0.2) is 24.3 Å². The number of hydrazine groups is 1. The van der Waals surface area contributed by atoms with Crippen molar-refractivity contribution in [3.8, 4) is 0 Å². The van der Waals surface area contributed by atoms with E-state index >= 15 is 0 Å². The first-order valence-electron chi connectivity index (χ1n) is 4.79. The van der Waals surface area contributed by atoms with Crippen LogP contribution in [0.25, 0.3) is 0 Å². The van der Waals surface area contributed by atoms with Crippen LogP contribution in [-0.2, 0) is 22.4 Å². The van der Waals surface area contributed by atoms with Gasteiger partial charge in [0.15, 0.2) is 0 Å². The van der Waals surface area contributed by atoms with Crippen molar-refractivity contribution >= 4 is 10.0 Å². The van der Waals surface area contributed by atoms with Gasteiger partial charge in [0.1, 0.15) is 0 Å². The largest absolute Gasteiger partial charge is 0.392 e. The van der Waals surface area contributed by atoms with E-state index in [9.17, 15) is 8.42 Å². The van der Waals surface area contributed by atoms with Crippen molar-refractivity contribution in [3.05, 3.63) is 35.4 Å². The standard InChI is InChI=1S/C10H16N2O3S/c1-12(2)11-16(14,15)8-10-5-3-4-9(6-10)7-13/h3-6,11,13H,7-8H2,1-2H3. The van der Waals surface area contributed by atoms with E-state index in [4.69, 9.17) is 5.11 Å². The Bertz CT molecular complexity index is 443. The summed E-state index contributed by atoms with van der Waals surface area (Å²) in [6.45, 7) is -0.0883. The minimum absolute atomic E-state index is 0.0883. The molecule has 0 saturated carbocycles. The van der Waals surface area contributed by atoms with Crippen LogP contribution in [0, 0.1) is 0 Å². The molecular formula is C10H16N2O3S. The molecule has 1 aromatic carbocycles. The van der Waals surface area contributed by atoms with Crippen molar-refractivity contribution in [3.63, 3.8) is 0 Å². The summed E-state index contributed by atoms with van der Waals surface area (Å²) in [7, 11) is -0.139. The van der Waals surface area contributed by atoms with E-state index in [0.29, 0.717) is 11.1 Å². The molecule has 0 amide bonds. The summed E-state index contributed by atoms with van der Waals surface area (Å²) in [6.07, 6.45) is 0. The van der Waals surface area contributed by atoms with E-state index in [1.165, 1.54) is 5.01 Å². The molecule has 16 heavy (non-hydrogen) atoms. The highest BCUT2D eigenvalue weighted by Gasteiger charge is 2.12. The maximum atomic E-state index is 11.6. The van der Waals surface area contributed by atoms with E-state index in [1.54, 1.807) is 38.4 Å². The lowest BCUT2D eigenvalue weighted by Crippen LogP contribution is -2.36. The zero-order valence-electron chi connectivity index (χ0n) is 9.34. The second-order valence-corrected chi connectivity index (χ2v) is 5.42. The van der Waals surface area contributed by atoms with Crippen LogP contribution in [-0.4, -0.2) is 32.6 Å². The lowest BCUT2D eigenvalue weighted by Gasteiger charge is -2.12. The molecule has 5 nitrogen and oxygen atoms in total. The maximum Gasteiger partial charge on any atom is 0.228 e. The van der Waals surface area contributed by atoms with E-state index in [-0.39, 0.29) is 12.4 Å². The van der Waals surface area contributed by atoms with Gasteiger partial charge in [-0.25, -0.2) is 13.4 Å². The molecule has 0 saturated heterocycles. The van der Waals surface area contributed by atoms with Crippen LogP contribution in [0.5, 0.6) is 0 Å². The van der Waals surface area contributed by atoms with Gasteiger partial charge in [-0.2, -0.15) is 0 Å². The summed E-state index contributed by atoms with van der Waals surface area (Å²) in [5.41, 5.74) is 1.36. The Labute approximate surface area is 95.7 Å². The molecule has 90 valence electrons. The lowest BCUT2D eigenvalue weighted by molar-refractivity contribution is 0.281. The van der Waals surface area contributed by atoms with Crippen molar-refractivity contribution < 1.29 is 13.5 Å². The van der Waals surface area contributed by atoms with Gasteiger partial charge in [-0.15, -0.1) is 4.83 Å². The number of aliphatic hydroxyl groups excluding tert-OH is 1. The van der Waals surface area contributed by atoms with E-state index in [1.807, 2.05) is 0 Å². The summed E-state index contributed by atoms with van der Waals surface area (Å²) in [5, 5.41) is 10.3. The molecule has 0 spiro atoms. The zero-order valence-corrected chi connectivity index (χ0v) is 10.2. The van der Waals surface area contributed by atoms with Gasteiger partial charge in [-0.3, -0.25) is 0 Å². The molecule has 0 aromatic heterocycles. The topological polar surface area (TPSA) is 69.6 Å². The van der Waals surface area contributed by atoms with Crippen molar-refractivity contribution in [2.24, 2.45) is 0 Å². The van der Waals surface area contributed by atoms with Gasteiger partial charge in [0, 0.05) is 14.1 Å². The van der Waals surface area contributed by atoms with Crippen LogP contribution in [0.1, 0.15) is 11.1 Å². The Kier molecular flexibility index (Phi) is 4.43. The summed E-state index contributed by atoms with van der Waals surface area (Å²) in [6, 6.07) is 6.87. The maximum absolute atomic E-state index is 11.6. The van der Waals surface area contributed by atoms with Crippen molar-refractivity contribution in [1.29, 1.82) is 0 Å². The highest BCUT2D eigenvalue weighted by atomic mass is 32.2. The van der Waals surface area contributed by atoms with Gasteiger partial charge >= 0.3 is 0 Å². The SMILES string of the molecule is CN(C)NS(=O)(=O)Cc1cccc(CO)c1. The lowest BCUT2D eigenvalue weighted by atomic mass is 10.1. The van der Waals surface area contributed by atoms with Crippen LogP contribution < -0.4 is 4.83 Å². The van der Waals surface area contributed by atoms with Gasteiger partial charge < -0.3 is 5.11 Å². The zero-order chi connectivity index (χ0) is 12.2. The van der Waals surface area contributed by atoms with E-state index in [2.05, 4.69) is 4.83 Å². The molecule has 6 heteroatoms. The molecule has 0 heterocycles. The van der Waals surface area contributed by atoms with Gasteiger partial charge in [-0.1, -0.05) is 24.3 Å². The Hall–Kier alpha value is -0.950. The predicted molar refractivity (Wildman–Crippen MR) is 61.8 cm³/mol. The highest BCUT2D eigenvalue weighted by Crippen LogP contribution is 2.08. The van der Waals surface area contributed by atoms with Crippen molar-refractivity contribution in [2.75, 3.05) is 14.1 Å². The predicted octanol–water partition coefficient (Wildman–Crippen LogP) is 0.0749. The molecule has 0 unspecified atom stereocenters. The van der Waals surface area contributed by atoms with Gasteiger partial charge in [0.05, 0.1) is 12.4 Å². The Morgan fingerprint density at radius 2 is 1.94 bits per heavy atom. The fourth-order valence-corrected chi connectivity index (χ4v) is 2.59. The molecular weight excluding hydrogens is 228 g/mol. The molecule has 0 bridgehead atoms. The van der Waals surface area contributed by atoms with Crippen molar-refractivity contribution in [2.45, 2.75) is 12.4 Å². The number of hydrogen-bond acceptors (Lipinski definition) is 4. The summed E-state index contributed by atoms with van der Waals surface area (Å²) < 4.78 is 23.2. The third-order valence-corrected chi connectivity index (χ3v) is 3.21. The third-order valence-electron chi connectivity index (χ3n) is 1.85. The Morgan fingerprint density at radius 1 is 1.31 bits per heavy atom. The van der Waals surface area contributed by atoms with Crippen LogP contribution in [0.2, 0.25) is 0 Å². The second kappa shape index (κ2) is 5.40. The quantitative estimate of drug-likeness (QED) is 0.719. The molecule has 0 aliphatic heterocycles. The fourth-order valence-electron chi connectivity index (χ4n) is 1.35. The molecule has 0 fully saturated rings. The summed E-state index contributed by atoms with van der Waals surface area (Å²) >= 11 is 0. The van der Waals surface area contributed by atoms with Crippen molar-refractivity contribution in [1.82, 2.24) is 9.84 Å². The number of rotatable bonds is 5. The van der Waals surface area contributed by atoms with Crippen LogP contribution in [0.4, 0.5) is 0 Å². The third kappa shape index (κ3) is 4.28. The summed E-state index contributed by atoms with van der Waals surface area (Å²) in [5.74, 6) is -0.0982. The number of sulfonamides is 1. The first kappa shape index (κ1) is 13.1. The first-order valence-corrected chi connectivity index (χ1v) is 6.44. The molecule has 1 rings (SSSR count). The molecule has 0 aliphatic rings. The van der Waals surface area contributed by atoms with Gasteiger partial charge in [-0.05, 0) is 11.1 Å². The van der Waals surface area contributed by atoms with E-state index in [0.717, 1.165) is 0 Å². The summed E-state index contributed by atoms with van der Waals surface area (Å²) in [4.78, 5) is 2.35. The minimum Gasteiger partial charge on any atom is -0.392 e. The number of nitrogens with one attached hydrogen (secondary N) is 1. The average Bonchev–Trinajstić information content (AvgIpc) is 2.15. The fraction of sp³-hybridized carbons (Fsp3) is 0.400. The smallest absolute Gasteiger partial charge is 0.228 e. The Morgan fingerprint density at radius 3 is 2.50 bits per heavy atom. The molecule has 0 radical (unpaired) electrons. The van der Waals surface area contributed by atoms with Crippen LogP contribution >= 0.6 is 0 Å². The van der Waals surface area contributed by atoms with Crippen LogP contribution in [0.3, 0.4) is 0 Å². The monoisotopic (exact) mass is 244 g/mol. The normalized spacial score (nSPS) is 12.0. The number of aliphatic hydroxyl groups is 1. The van der Waals surface area contributed by atoms with Gasteiger partial charge in [0.2, 0.25) is 10.0 Å². The molecule has 1 aromatic rings. The molecule has 2 N–H and O–H groups in total. The number of nitrogens with zero attached hydrogens (tertiary/aromatic N) is 1. The van der Waals surface area contributed by atoms with Gasteiger partial charge in [0.25, 0.3) is 0 Å². The number of hydrogen-bond donors (Lipinski definition) is 2. The molecule has 0 aliphatic carbocycles. The Balaban J connectivity index is 2.80. The van der Waals surface area contributed by atoms with E-state index < -0.39 is 10.0 Å². The minimum atomic E-state index is -3.36. The number of benzene rings is 1.